The van der Waals surface area contributed by atoms with Gasteiger partial charge in [0.2, 0.25) is 0 Å². The Morgan fingerprint density at radius 3 is 2.80 bits per heavy atom. The summed E-state index contributed by atoms with van der Waals surface area (Å²) < 4.78 is 0. The molecule has 1 saturated heterocycles. The molecular weight excluding hydrogens is 276 g/mol. The Hall–Kier alpha value is -1.72. The van der Waals surface area contributed by atoms with Gasteiger partial charge in [-0.05, 0) is 25.1 Å². The number of carbonyl (C=O) groups excluding carboxylic acids is 1. The Labute approximate surface area is 123 Å². The Balaban J connectivity index is 0.00000147. The molecule has 1 atom stereocenters. The van der Waals surface area contributed by atoms with Crippen LogP contribution < -0.4 is 5.32 Å². The van der Waals surface area contributed by atoms with Crippen molar-refractivity contribution in [3.8, 4) is 0 Å². The molecule has 20 heavy (non-hydrogen) atoms. The minimum absolute atomic E-state index is 0. The van der Waals surface area contributed by atoms with E-state index in [9.17, 15) is 4.79 Å². The molecule has 1 amide bonds. The number of nitrogens with zero attached hydrogens (tertiary/aromatic N) is 3. The van der Waals surface area contributed by atoms with Crippen LogP contribution in [0, 0.1) is 0 Å². The van der Waals surface area contributed by atoms with E-state index >= 15 is 0 Å². The normalized spacial score (nSPS) is 18.6. The first-order chi connectivity index (χ1) is 9.25. The summed E-state index contributed by atoms with van der Waals surface area (Å²) in [7, 11) is 0. The van der Waals surface area contributed by atoms with Gasteiger partial charge >= 0.3 is 0 Å². The molecule has 0 aliphatic carbocycles. The van der Waals surface area contributed by atoms with E-state index in [2.05, 4.69) is 22.2 Å². The molecule has 3 rings (SSSR count). The Kier molecular flexibility index (Phi) is 4.52. The van der Waals surface area contributed by atoms with Crippen molar-refractivity contribution < 1.29 is 4.79 Å². The third-order valence-electron chi connectivity index (χ3n) is 3.48. The van der Waals surface area contributed by atoms with Crippen LogP contribution in [-0.4, -0.2) is 46.5 Å². The predicted molar refractivity (Wildman–Crippen MR) is 80.2 cm³/mol. The van der Waals surface area contributed by atoms with Crippen LogP contribution in [0.15, 0.2) is 30.6 Å². The van der Waals surface area contributed by atoms with Gasteiger partial charge in [0.05, 0.1) is 11.0 Å². The van der Waals surface area contributed by atoms with Crippen molar-refractivity contribution in [1.82, 2.24) is 20.2 Å². The van der Waals surface area contributed by atoms with Crippen LogP contribution in [0.4, 0.5) is 0 Å². The third kappa shape index (κ3) is 2.73. The van der Waals surface area contributed by atoms with Crippen molar-refractivity contribution in [1.29, 1.82) is 0 Å². The fraction of sp³-hybridized carbons (Fsp3) is 0.357. The lowest BCUT2D eigenvalue weighted by atomic mass is 10.1. The van der Waals surface area contributed by atoms with E-state index in [-0.39, 0.29) is 24.4 Å². The quantitative estimate of drug-likeness (QED) is 0.865. The second-order valence-electron chi connectivity index (χ2n) is 4.81. The maximum Gasteiger partial charge on any atom is 0.254 e. The zero-order valence-corrected chi connectivity index (χ0v) is 12.1. The van der Waals surface area contributed by atoms with Crippen LogP contribution >= 0.6 is 12.4 Å². The van der Waals surface area contributed by atoms with E-state index in [0.717, 1.165) is 30.7 Å². The monoisotopic (exact) mass is 292 g/mol. The second-order valence-corrected chi connectivity index (χ2v) is 4.81. The van der Waals surface area contributed by atoms with Gasteiger partial charge in [-0.15, -0.1) is 12.4 Å². The lowest BCUT2D eigenvalue weighted by Crippen LogP contribution is -2.52. The van der Waals surface area contributed by atoms with E-state index in [4.69, 9.17) is 0 Å². The first kappa shape index (κ1) is 14.7. The van der Waals surface area contributed by atoms with Gasteiger partial charge in [-0.3, -0.25) is 14.8 Å². The first-order valence-electron chi connectivity index (χ1n) is 6.48. The van der Waals surface area contributed by atoms with Crippen molar-refractivity contribution in [2.75, 3.05) is 19.6 Å². The van der Waals surface area contributed by atoms with E-state index < -0.39 is 0 Å². The fourth-order valence-electron chi connectivity index (χ4n) is 2.40. The molecule has 106 valence electrons. The van der Waals surface area contributed by atoms with Crippen molar-refractivity contribution in [2.24, 2.45) is 0 Å². The number of rotatable bonds is 1. The first-order valence-corrected chi connectivity index (χ1v) is 6.48. The van der Waals surface area contributed by atoms with Crippen molar-refractivity contribution in [3.63, 3.8) is 0 Å². The maximum absolute atomic E-state index is 12.5. The molecule has 1 fully saturated rings. The second kappa shape index (κ2) is 6.15. The molecule has 1 aliphatic heterocycles. The Morgan fingerprint density at radius 2 is 2.05 bits per heavy atom. The lowest BCUT2D eigenvalue weighted by molar-refractivity contribution is 0.0656. The van der Waals surface area contributed by atoms with Crippen LogP contribution in [0.5, 0.6) is 0 Å². The van der Waals surface area contributed by atoms with Crippen LogP contribution in [0.2, 0.25) is 0 Å². The molecule has 2 aromatic rings. The molecule has 1 N–H and O–H groups in total. The maximum atomic E-state index is 12.5. The summed E-state index contributed by atoms with van der Waals surface area (Å²) in [5, 5.41) is 3.28. The highest BCUT2D eigenvalue weighted by Gasteiger charge is 2.24. The zero-order chi connectivity index (χ0) is 13.2. The minimum Gasteiger partial charge on any atom is -0.333 e. The SMILES string of the molecule is C[C@H]1CNCCN1C(=O)c1ccc2nccnc2c1.Cl. The van der Waals surface area contributed by atoms with Crippen molar-refractivity contribution in [3.05, 3.63) is 36.2 Å². The number of carbonyl (C=O) groups is 1. The number of piperazine rings is 1. The summed E-state index contributed by atoms with van der Waals surface area (Å²) in [4.78, 5) is 22.9. The minimum atomic E-state index is 0. The molecule has 0 radical (unpaired) electrons. The molecule has 5 nitrogen and oxygen atoms in total. The van der Waals surface area contributed by atoms with E-state index in [1.165, 1.54) is 0 Å². The summed E-state index contributed by atoms with van der Waals surface area (Å²) in [6.07, 6.45) is 3.30. The molecular formula is C14H17ClN4O. The number of fused-ring (bicyclic) bond motifs is 1. The highest BCUT2D eigenvalue weighted by atomic mass is 35.5. The van der Waals surface area contributed by atoms with Gasteiger partial charge in [0.25, 0.3) is 5.91 Å². The number of hydrogen-bond acceptors (Lipinski definition) is 4. The third-order valence-corrected chi connectivity index (χ3v) is 3.48. The highest BCUT2D eigenvalue weighted by Crippen LogP contribution is 2.15. The highest BCUT2D eigenvalue weighted by molar-refractivity contribution is 5.97. The average Bonchev–Trinajstić information content (AvgIpc) is 2.46. The standard InChI is InChI=1S/C14H16N4O.ClH/c1-10-9-15-6-7-18(10)14(19)11-2-3-12-13(8-11)17-5-4-16-12;/h2-5,8,10,15H,6-7,9H2,1H3;1H/t10-;/m0./s1. The number of hydrogen-bond donors (Lipinski definition) is 1. The number of aromatic nitrogens is 2. The van der Waals surface area contributed by atoms with Crippen LogP contribution in [0.1, 0.15) is 17.3 Å². The van der Waals surface area contributed by atoms with Gasteiger partial charge in [0.1, 0.15) is 0 Å². The van der Waals surface area contributed by atoms with Gasteiger partial charge in [0.15, 0.2) is 0 Å². The van der Waals surface area contributed by atoms with E-state index in [0.29, 0.717) is 5.56 Å². The van der Waals surface area contributed by atoms with E-state index in [1.807, 2.05) is 23.1 Å². The number of halogens is 1. The fourth-order valence-corrected chi connectivity index (χ4v) is 2.40. The summed E-state index contributed by atoms with van der Waals surface area (Å²) >= 11 is 0. The van der Waals surface area contributed by atoms with Gasteiger partial charge in [-0.25, -0.2) is 0 Å². The zero-order valence-electron chi connectivity index (χ0n) is 11.2. The summed E-state index contributed by atoms with van der Waals surface area (Å²) in [5.74, 6) is 0.0709. The summed E-state index contributed by atoms with van der Waals surface area (Å²) in [6.45, 7) is 4.51. The summed E-state index contributed by atoms with van der Waals surface area (Å²) in [6, 6.07) is 5.72. The molecule has 1 aliphatic rings. The Bertz CT molecular complexity index is 619. The number of nitrogens with one attached hydrogen (secondary N) is 1. The van der Waals surface area contributed by atoms with Gasteiger partial charge in [-0.2, -0.15) is 0 Å². The molecule has 0 spiro atoms. The smallest absolute Gasteiger partial charge is 0.254 e. The Morgan fingerprint density at radius 1 is 1.30 bits per heavy atom. The van der Waals surface area contributed by atoms with Gasteiger partial charge < -0.3 is 10.2 Å². The molecule has 0 unspecified atom stereocenters. The topological polar surface area (TPSA) is 58.1 Å². The van der Waals surface area contributed by atoms with Crippen molar-refractivity contribution in [2.45, 2.75) is 13.0 Å². The largest absolute Gasteiger partial charge is 0.333 e. The molecule has 1 aromatic heterocycles. The van der Waals surface area contributed by atoms with Gasteiger partial charge in [0, 0.05) is 43.6 Å². The predicted octanol–water partition coefficient (Wildman–Crippen LogP) is 1.49. The van der Waals surface area contributed by atoms with Gasteiger partial charge in [-0.1, -0.05) is 0 Å². The van der Waals surface area contributed by atoms with Crippen LogP contribution in [-0.2, 0) is 0 Å². The number of benzene rings is 1. The molecule has 0 bridgehead atoms. The molecule has 6 heteroatoms. The molecule has 0 saturated carbocycles. The summed E-state index contributed by atoms with van der Waals surface area (Å²) in [5.41, 5.74) is 2.25. The molecule has 2 heterocycles. The lowest BCUT2D eigenvalue weighted by Gasteiger charge is -2.34. The van der Waals surface area contributed by atoms with Crippen LogP contribution in [0.3, 0.4) is 0 Å². The molecule has 1 aromatic carbocycles. The number of amides is 1. The average molecular weight is 293 g/mol. The van der Waals surface area contributed by atoms with Crippen molar-refractivity contribution >= 4 is 29.3 Å². The van der Waals surface area contributed by atoms with Crippen LogP contribution in [0.25, 0.3) is 11.0 Å². The van der Waals surface area contributed by atoms with E-state index in [1.54, 1.807) is 12.4 Å².